The van der Waals surface area contributed by atoms with Gasteiger partial charge < -0.3 is 4.42 Å². The van der Waals surface area contributed by atoms with Crippen LogP contribution < -0.4 is 0 Å². The summed E-state index contributed by atoms with van der Waals surface area (Å²) in [6.45, 7) is 0. The van der Waals surface area contributed by atoms with Crippen LogP contribution in [0.1, 0.15) is 0 Å². The number of thiophene rings is 1. The standard InChI is InChI=1S/C46H28OS/c1-3-13-29(14-4-1)33-17-7-8-18-34(33)44-27-32-26-40-39-25-31(23-24-41(39)47-42(40)28-43(32)48-44)46-37-21-11-9-19-35(37)45(30-15-5-2-6-16-30)36-20-10-12-22-38(36)46/h1-28H. The second-order valence-electron chi connectivity index (χ2n) is 12.4. The molecule has 2 aromatic heterocycles. The Morgan fingerprint density at radius 2 is 0.896 bits per heavy atom. The summed E-state index contributed by atoms with van der Waals surface area (Å²) in [5, 5.41) is 8.56. The molecule has 0 saturated carbocycles. The van der Waals surface area contributed by atoms with Crippen LogP contribution in [0.15, 0.2) is 174 Å². The minimum absolute atomic E-state index is 0.913. The van der Waals surface area contributed by atoms with Gasteiger partial charge in [-0.3, -0.25) is 0 Å². The van der Waals surface area contributed by atoms with E-state index in [0.29, 0.717) is 0 Å². The first-order valence-electron chi connectivity index (χ1n) is 16.3. The van der Waals surface area contributed by atoms with Gasteiger partial charge in [-0.2, -0.15) is 0 Å². The fourth-order valence-electron chi connectivity index (χ4n) is 7.52. The summed E-state index contributed by atoms with van der Waals surface area (Å²) in [6.07, 6.45) is 0. The van der Waals surface area contributed by atoms with E-state index in [1.165, 1.54) is 75.5 Å². The predicted octanol–water partition coefficient (Wildman–Crippen LogP) is 13.8. The van der Waals surface area contributed by atoms with Gasteiger partial charge in [-0.25, -0.2) is 0 Å². The minimum atomic E-state index is 0.913. The van der Waals surface area contributed by atoms with Crippen molar-refractivity contribution < 1.29 is 4.42 Å². The van der Waals surface area contributed by atoms with Crippen LogP contribution in [-0.4, -0.2) is 0 Å². The van der Waals surface area contributed by atoms with Gasteiger partial charge in [0.05, 0.1) is 0 Å². The summed E-state index contributed by atoms with van der Waals surface area (Å²) in [7, 11) is 0. The van der Waals surface area contributed by atoms with Crippen molar-refractivity contribution in [3.05, 3.63) is 170 Å². The zero-order valence-electron chi connectivity index (χ0n) is 26.0. The fourth-order valence-corrected chi connectivity index (χ4v) is 8.63. The van der Waals surface area contributed by atoms with Crippen LogP contribution in [0.25, 0.3) is 97.4 Å². The summed E-state index contributed by atoms with van der Waals surface area (Å²) < 4.78 is 7.75. The van der Waals surface area contributed by atoms with E-state index in [1.54, 1.807) is 0 Å². The first-order valence-corrected chi connectivity index (χ1v) is 17.2. The maximum absolute atomic E-state index is 6.52. The number of hydrogen-bond acceptors (Lipinski definition) is 2. The Morgan fingerprint density at radius 1 is 0.354 bits per heavy atom. The smallest absolute Gasteiger partial charge is 0.136 e. The molecule has 0 unspecified atom stereocenters. The van der Waals surface area contributed by atoms with E-state index < -0.39 is 0 Å². The van der Waals surface area contributed by atoms with Gasteiger partial charge in [0.2, 0.25) is 0 Å². The molecule has 2 heterocycles. The van der Waals surface area contributed by atoms with Crippen molar-refractivity contribution in [1.82, 2.24) is 0 Å². The summed E-state index contributed by atoms with van der Waals surface area (Å²) in [6, 6.07) is 61.4. The van der Waals surface area contributed by atoms with Crippen LogP contribution in [0.2, 0.25) is 0 Å². The molecular formula is C46H28OS. The number of rotatable bonds is 4. The van der Waals surface area contributed by atoms with Crippen molar-refractivity contribution in [1.29, 1.82) is 0 Å². The molecule has 0 aliphatic rings. The molecule has 10 aromatic rings. The average molecular weight is 629 g/mol. The molecule has 8 aromatic carbocycles. The molecule has 48 heavy (non-hydrogen) atoms. The Bertz CT molecular complexity index is 2760. The Hall–Kier alpha value is -5.96. The summed E-state index contributed by atoms with van der Waals surface area (Å²) >= 11 is 1.83. The summed E-state index contributed by atoms with van der Waals surface area (Å²) in [5.74, 6) is 0. The van der Waals surface area contributed by atoms with Crippen LogP contribution in [0.4, 0.5) is 0 Å². The van der Waals surface area contributed by atoms with Crippen LogP contribution in [-0.2, 0) is 0 Å². The molecule has 0 aliphatic heterocycles. The molecule has 0 amide bonds. The molecule has 0 fully saturated rings. The second kappa shape index (κ2) is 10.8. The molecule has 1 nitrogen and oxygen atoms in total. The van der Waals surface area contributed by atoms with Crippen LogP contribution in [0.5, 0.6) is 0 Å². The fraction of sp³-hybridized carbons (Fsp3) is 0. The third-order valence-corrected chi connectivity index (χ3v) is 10.8. The Morgan fingerprint density at radius 3 is 1.56 bits per heavy atom. The van der Waals surface area contributed by atoms with E-state index >= 15 is 0 Å². The van der Waals surface area contributed by atoms with Gasteiger partial charge in [0.25, 0.3) is 0 Å². The van der Waals surface area contributed by atoms with Gasteiger partial charge in [-0.15, -0.1) is 11.3 Å². The Labute approximate surface area is 282 Å². The highest BCUT2D eigenvalue weighted by molar-refractivity contribution is 7.22. The number of benzene rings is 8. The zero-order valence-corrected chi connectivity index (χ0v) is 26.8. The molecule has 224 valence electrons. The lowest BCUT2D eigenvalue weighted by Gasteiger charge is -2.17. The van der Waals surface area contributed by atoms with Crippen molar-refractivity contribution in [2.45, 2.75) is 0 Å². The zero-order chi connectivity index (χ0) is 31.6. The molecule has 10 rings (SSSR count). The number of furan rings is 1. The molecule has 0 radical (unpaired) electrons. The molecule has 0 spiro atoms. The van der Waals surface area contributed by atoms with Gasteiger partial charge in [0, 0.05) is 20.3 Å². The van der Waals surface area contributed by atoms with Crippen molar-refractivity contribution in [3.63, 3.8) is 0 Å². The van der Waals surface area contributed by atoms with Gasteiger partial charge in [-0.05, 0) is 96.2 Å². The first kappa shape index (κ1) is 27.2. The number of hydrogen-bond donors (Lipinski definition) is 0. The second-order valence-corrected chi connectivity index (χ2v) is 13.5. The first-order chi connectivity index (χ1) is 23.8. The molecule has 0 N–H and O–H groups in total. The third kappa shape index (κ3) is 4.24. The van der Waals surface area contributed by atoms with Gasteiger partial charge >= 0.3 is 0 Å². The van der Waals surface area contributed by atoms with Crippen molar-refractivity contribution >= 4 is 64.9 Å². The maximum atomic E-state index is 6.52. The molecule has 0 saturated heterocycles. The van der Waals surface area contributed by atoms with Crippen molar-refractivity contribution in [2.75, 3.05) is 0 Å². The molecule has 2 heteroatoms. The molecular weight excluding hydrogens is 601 g/mol. The van der Waals surface area contributed by atoms with Gasteiger partial charge in [-0.1, -0.05) is 140 Å². The van der Waals surface area contributed by atoms with Crippen LogP contribution in [0.3, 0.4) is 0 Å². The van der Waals surface area contributed by atoms with Gasteiger partial charge in [0.1, 0.15) is 11.2 Å². The lowest BCUT2D eigenvalue weighted by atomic mass is 9.86. The molecule has 0 bridgehead atoms. The SMILES string of the molecule is c1ccc(-c2ccccc2-c2cc3cc4c(cc3s2)oc2ccc(-c3c5ccccc5c(-c5ccccc5)c5ccccc35)cc24)cc1. The highest BCUT2D eigenvalue weighted by Gasteiger charge is 2.18. The van der Waals surface area contributed by atoms with Crippen LogP contribution in [0, 0.1) is 0 Å². The van der Waals surface area contributed by atoms with Crippen LogP contribution >= 0.6 is 11.3 Å². The third-order valence-electron chi connectivity index (χ3n) is 9.67. The van der Waals surface area contributed by atoms with E-state index in [-0.39, 0.29) is 0 Å². The summed E-state index contributed by atoms with van der Waals surface area (Å²) in [5.41, 5.74) is 10.5. The predicted molar refractivity (Wildman–Crippen MR) is 206 cm³/mol. The van der Waals surface area contributed by atoms with E-state index in [4.69, 9.17) is 4.42 Å². The van der Waals surface area contributed by atoms with Crippen molar-refractivity contribution in [2.24, 2.45) is 0 Å². The van der Waals surface area contributed by atoms with E-state index in [0.717, 1.165) is 21.9 Å². The molecule has 0 aliphatic carbocycles. The van der Waals surface area contributed by atoms with Gasteiger partial charge in [0.15, 0.2) is 0 Å². The lowest BCUT2D eigenvalue weighted by Crippen LogP contribution is -1.90. The normalized spacial score (nSPS) is 11.8. The van der Waals surface area contributed by atoms with Crippen molar-refractivity contribution in [3.8, 4) is 43.8 Å². The largest absolute Gasteiger partial charge is 0.456 e. The lowest BCUT2D eigenvalue weighted by molar-refractivity contribution is 0.669. The maximum Gasteiger partial charge on any atom is 0.136 e. The Kier molecular flexibility index (Phi) is 6.12. The molecule has 0 atom stereocenters. The van der Waals surface area contributed by atoms with E-state index in [1.807, 2.05) is 11.3 Å². The quantitative estimate of drug-likeness (QED) is 0.177. The topological polar surface area (TPSA) is 13.1 Å². The summed E-state index contributed by atoms with van der Waals surface area (Å²) in [4.78, 5) is 1.26. The minimum Gasteiger partial charge on any atom is -0.456 e. The number of fused-ring (bicyclic) bond motifs is 6. The highest BCUT2D eigenvalue weighted by atomic mass is 32.1. The highest BCUT2D eigenvalue weighted by Crippen LogP contribution is 2.46. The Balaban J connectivity index is 1.17. The average Bonchev–Trinajstić information content (AvgIpc) is 3.73. The monoisotopic (exact) mass is 628 g/mol. The van der Waals surface area contributed by atoms with E-state index in [9.17, 15) is 0 Å². The van der Waals surface area contributed by atoms with E-state index in [2.05, 4.69) is 170 Å².